The first-order valence-electron chi connectivity index (χ1n) is 6.52. The molecule has 6 heteroatoms. The van der Waals surface area contributed by atoms with Crippen molar-refractivity contribution in [2.24, 2.45) is 0 Å². The maximum absolute atomic E-state index is 12.3. The van der Waals surface area contributed by atoms with Gasteiger partial charge < -0.3 is 9.64 Å². The van der Waals surface area contributed by atoms with Gasteiger partial charge in [-0.05, 0) is 25.0 Å². The van der Waals surface area contributed by atoms with Gasteiger partial charge in [0, 0.05) is 24.7 Å². The summed E-state index contributed by atoms with van der Waals surface area (Å²) in [6.07, 6.45) is 3.95. The SMILES string of the molecule is COc1ccc(N(C)C(=O)c2cc(C3CC3)[nH]n2)cn1. The van der Waals surface area contributed by atoms with Crippen molar-refractivity contribution in [1.29, 1.82) is 0 Å². The Morgan fingerprint density at radius 2 is 2.25 bits per heavy atom. The van der Waals surface area contributed by atoms with Crippen LogP contribution in [0.5, 0.6) is 5.88 Å². The summed E-state index contributed by atoms with van der Waals surface area (Å²) in [5.41, 5.74) is 2.19. The molecule has 0 saturated heterocycles. The fourth-order valence-electron chi connectivity index (χ4n) is 2.03. The lowest BCUT2D eigenvalue weighted by molar-refractivity contribution is 0.0988. The van der Waals surface area contributed by atoms with E-state index in [9.17, 15) is 4.79 Å². The van der Waals surface area contributed by atoms with Crippen molar-refractivity contribution < 1.29 is 9.53 Å². The molecule has 2 aromatic rings. The summed E-state index contributed by atoms with van der Waals surface area (Å²) < 4.78 is 5.00. The summed E-state index contributed by atoms with van der Waals surface area (Å²) in [5, 5.41) is 7.04. The van der Waals surface area contributed by atoms with Crippen molar-refractivity contribution in [2.45, 2.75) is 18.8 Å². The molecule has 0 spiro atoms. The summed E-state index contributed by atoms with van der Waals surface area (Å²) in [6, 6.07) is 5.35. The van der Waals surface area contributed by atoms with Crippen LogP contribution in [0.2, 0.25) is 0 Å². The van der Waals surface area contributed by atoms with Crippen LogP contribution in [0.1, 0.15) is 34.9 Å². The highest BCUT2D eigenvalue weighted by Gasteiger charge is 2.27. The Morgan fingerprint density at radius 1 is 1.45 bits per heavy atom. The number of hydrogen-bond acceptors (Lipinski definition) is 4. The van der Waals surface area contributed by atoms with E-state index in [2.05, 4.69) is 15.2 Å². The number of aromatic amines is 1. The number of methoxy groups -OCH3 is 1. The monoisotopic (exact) mass is 272 g/mol. The van der Waals surface area contributed by atoms with E-state index in [0.29, 0.717) is 23.2 Å². The van der Waals surface area contributed by atoms with Crippen LogP contribution in [0.3, 0.4) is 0 Å². The molecule has 1 fully saturated rings. The number of anilines is 1. The largest absolute Gasteiger partial charge is 0.481 e. The van der Waals surface area contributed by atoms with Crippen molar-refractivity contribution in [1.82, 2.24) is 15.2 Å². The predicted molar refractivity (Wildman–Crippen MR) is 74.1 cm³/mol. The quantitative estimate of drug-likeness (QED) is 0.923. The highest BCUT2D eigenvalue weighted by atomic mass is 16.5. The van der Waals surface area contributed by atoms with Crippen molar-refractivity contribution in [2.75, 3.05) is 19.1 Å². The Labute approximate surface area is 116 Å². The topological polar surface area (TPSA) is 71.1 Å². The van der Waals surface area contributed by atoms with Crippen LogP contribution < -0.4 is 9.64 Å². The third-order valence-electron chi connectivity index (χ3n) is 3.46. The Kier molecular flexibility index (Phi) is 3.14. The number of carbonyl (C=O) groups is 1. The van der Waals surface area contributed by atoms with Gasteiger partial charge in [-0.2, -0.15) is 5.10 Å². The molecule has 1 amide bonds. The fourth-order valence-corrected chi connectivity index (χ4v) is 2.03. The average molecular weight is 272 g/mol. The minimum absolute atomic E-state index is 0.153. The second-order valence-electron chi connectivity index (χ2n) is 4.91. The van der Waals surface area contributed by atoms with Gasteiger partial charge in [-0.1, -0.05) is 0 Å². The van der Waals surface area contributed by atoms with Crippen LogP contribution in [-0.4, -0.2) is 35.2 Å². The zero-order valence-corrected chi connectivity index (χ0v) is 11.5. The van der Waals surface area contributed by atoms with Crippen LogP contribution in [0, 0.1) is 0 Å². The van der Waals surface area contributed by atoms with Crippen molar-refractivity contribution >= 4 is 11.6 Å². The van der Waals surface area contributed by atoms with Gasteiger partial charge in [0.25, 0.3) is 5.91 Å². The number of pyridine rings is 1. The molecule has 0 bridgehead atoms. The number of carbonyl (C=O) groups excluding carboxylic acids is 1. The van der Waals surface area contributed by atoms with E-state index >= 15 is 0 Å². The van der Waals surface area contributed by atoms with E-state index in [-0.39, 0.29) is 5.91 Å². The van der Waals surface area contributed by atoms with Crippen LogP contribution in [0.4, 0.5) is 5.69 Å². The van der Waals surface area contributed by atoms with Crippen molar-refractivity contribution in [3.8, 4) is 5.88 Å². The molecule has 1 saturated carbocycles. The Bertz CT molecular complexity index is 616. The van der Waals surface area contributed by atoms with Crippen LogP contribution in [-0.2, 0) is 0 Å². The van der Waals surface area contributed by atoms with E-state index in [0.717, 1.165) is 5.69 Å². The highest BCUT2D eigenvalue weighted by molar-refractivity contribution is 6.04. The second-order valence-corrected chi connectivity index (χ2v) is 4.91. The Hall–Kier alpha value is -2.37. The number of aromatic nitrogens is 3. The maximum Gasteiger partial charge on any atom is 0.278 e. The first kappa shape index (κ1) is 12.7. The third kappa shape index (κ3) is 2.36. The average Bonchev–Trinajstić information content (AvgIpc) is 3.23. The van der Waals surface area contributed by atoms with Crippen LogP contribution >= 0.6 is 0 Å². The van der Waals surface area contributed by atoms with Gasteiger partial charge in [0.1, 0.15) is 0 Å². The van der Waals surface area contributed by atoms with Gasteiger partial charge in [-0.3, -0.25) is 9.89 Å². The Balaban J connectivity index is 1.77. The third-order valence-corrected chi connectivity index (χ3v) is 3.46. The predicted octanol–water partition coefficient (Wildman–Crippen LogP) is 1.97. The number of H-pyrrole nitrogens is 1. The molecule has 1 aliphatic carbocycles. The van der Waals surface area contributed by atoms with E-state index in [1.54, 1.807) is 32.5 Å². The van der Waals surface area contributed by atoms with Crippen LogP contribution in [0.25, 0.3) is 0 Å². The smallest absolute Gasteiger partial charge is 0.278 e. The lowest BCUT2D eigenvalue weighted by Gasteiger charge is -2.15. The molecular formula is C14H16N4O2. The zero-order chi connectivity index (χ0) is 14.1. The molecule has 2 heterocycles. The molecule has 0 aromatic carbocycles. The number of hydrogen-bond donors (Lipinski definition) is 1. The first-order valence-corrected chi connectivity index (χ1v) is 6.52. The molecule has 3 rings (SSSR count). The molecule has 1 aliphatic rings. The van der Waals surface area contributed by atoms with Gasteiger partial charge >= 0.3 is 0 Å². The van der Waals surface area contributed by atoms with Gasteiger partial charge in [0.05, 0.1) is 19.0 Å². The van der Waals surface area contributed by atoms with Crippen LogP contribution in [0.15, 0.2) is 24.4 Å². The summed E-state index contributed by atoms with van der Waals surface area (Å²) in [7, 11) is 3.26. The van der Waals surface area contributed by atoms with Gasteiger partial charge in [0.2, 0.25) is 5.88 Å². The molecule has 6 nitrogen and oxygen atoms in total. The summed E-state index contributed by atoms with van der Waals surface area (Å²) in [5.74, 6) is 0.919. The standard InChI is InChI=1S/C14H16N4O2/c1-18(10-5-6-13(20-2)15-8-10)14(19)12-7-11(16-17-12)9-3-4-9/h5-9H,3-4H2,1-2H3,(H,16,17). The van der Waals surface area contributed by atoms with Gasteiger partial charge in [0.15, 0.2) is 5.69 Å². The summed E-state index contributed by atoms with van der Waals surface area (Å²) in [4.78, 5) is 18.0. The van der Waals surface area contributed by atoms with Crippen molar-refractivity contribution in [3.63, 3.8) is 0 Å². The number of amides is 1. The Morgan fingerprint density at radius 3 is 2.85 bits per heavy atom. The van der Waals surface area contributed by atoms with E-state index in [1.807, 2.05) is 6.07 Å². The number of nitrogens with zero attached hydrogens (tertiary/aromatic N) is 3. The molecule has 20 heavy (non-hydrogen) atoms. The molecule has 1 N–H and O–H groups in total. The lowest BCUT2D eigenvalue weighted by Crippen LogP contribution is -2.26. The number of ether oxygens (including phenoxy) is 1. The molecule has 2 aromatic heterocycles. The minimum Gasteiger partial charge on any atom is -0.481 e. The molecule has 104 valence electrons. The lowest BCUT2D eigenvalue weighted by atomic mass is 10.2. The van der Waals surface area contributed by atoms with Crippen molar-refractivity contribution in [3.05, 3.63) is 35.8 Å². The highest BCUT2D eigenvalue weighted by Crippen LogP contribution is 2.39. The van der Waals surface area contributed by atoms with Gasteiger partial charge in [-0.15, -0.1) is 0 Å². The van der Waals surface area contributed by atoms with E-state index in [4.69, 9.17) is 4.74 Å². The molecule has 0 atom stereocenters. The molecule has 0 radical (unpaired) electrons. The minimum atomic E-state index is -0.153. The fraction of sp³-hybridized carbons (Fsp3) is 0.357. The molecule has 0 unspecified atom stereocenters. The van der Waals surface area contributed by atoms with E-state index in [1.165, 1.54) is 17.7 Å². The summed E-state index contributed by atoms with van der Waals surface area (Å²) >= 11 is 0. The second kappa shape index (κ2) is 4.96. The number of rotatable bonds is 4. The first-order chi connectivity index (χ1) is 9.69. The normalized spacial score (nSPS) is 14.1. The van der Waals surface area contributed by atoms with Gasteiger partial charge in [-0.25, -0.2) is 4.98 Å². The maximum atomic E-state index is 12.3. The zero-order valence-electron chi connectivity index (χ0n) is 11.5. The van der Waals surface area contributed by atoms with E-state index < -0.39 is 0 Å². The summed E-state index contributed by atoms with van der Waals surface area (Å²) in [6.45, 7) is 0. The molecular weight excluding hydrogens is 256 g/mol. The molecule has 0 aliphatic heterocycles. The number of nitrogens with one attached hydrogen (secondary N) is 1.